The highest BCUT2D eigenvalue weighted by Gasteiger charge is 2.24. The second kappa shape index (κ2) is 8.51. The molecule has 0 spiro atoms. The van der Waals surface area contributed by atoms with E-state index in [-0.39, 0.29) is 23.1 Å². The molecule has 29 heavy (non-hydrogen) atoms. The lowest BCUT2D eigenvalue weighted by molar-refractivity contribution is 0.0899. The molecule has 0 aliphatic carbocycles. The predicted octanol–water partition coefficient (Wildman–Crippen LogP) is 4.43. The molecule has 1 fully saturated rings. The van der Waals surface area contributed by atoms with Crippen molar-refractivity contribution in [1.82, 2.24) is 10.2 Å². The first-order chi connectivity index (χ1) is 14.0. The van der Waals surface area contributed by atoms with Crippen LogP contribution in [0.4, 0.5) is 0 Å². The number of nitrogens with zero attached hydrogens (tertiary/aromatic N) is 1. The zero-order valence-corrected chi connectivity index (χ0v) is 17.7. The van der Waals surface area contributed by atoms with Gasteiger partial charge in [-0.05, 0) is 68.4 Å². The van der Waals surface area contributed by atoms with Crippen molar-refractivity contribution in [3.8, 4) is 0 Å². The van der Waals surface area contributed by atoms with Crippen molar-refractivity contribution in [2.24, 2.45) is 0 Å². The number of thiophene rings is 1. The highest BCUT2D eigenvalue weighted by Crippen LogP contribution is 2.27. The number of fused-ring (bicyclic) bond motifs is 1. The second-order valence-electron chi connectivity index (χ2n) is 7.77. The summed E-state index contributed by atoms with van der Waals surface area (Å²) < 4.78 is 5.81. The van der Waals surface area contributed by atoms with Crippen molar-refractivity contribution >= 4 is 28.2 Å². The average Bonchev–Trinajstić information content (AvgIpc) is 3.22. The zero-order valence-electron chi connectivity index (χ0n) is 16.9. The third-order valence-corrected chi connectivity index (χ3v) is 6.53. The Hall–Kier alpha value is -2.44. The summed E-state index contributed by atoms with van der Waals surface area (Å²) in [6.07, 6.45) is 3.64. The molecule has 0 unspecified atom stereocenters. The molecule has 5 nitrogen and oxygen atoms in total. The maximum atomic E-state index is 12.8. The minimum Gasteiger partial charge on any atom is -0.451 e. The van der Waals surface area contributed by atoms with Crippen LogP contribution in [0.3, 0.4) is 0 Å². The lowest BCUT2D eigenvalue weighted by Crippen LogP contribution is -2.40. The van der Waals surface area contributed by atoms with E-state index in [4.69, 9.17) is 4.42 Å². The highest BCUT2D eigenvalue weighted by molar-refractivity contribution is 7.10. The van der Waals surface area contributed by atoms with Crippen LogP contribution >= 0.6 is 11.3 Å². The average molecular weight is 411 g/mol. The van der Waals surface area contributed by atoms with Crippen LogP contribution in [-0.4, -0.2) is 30.4 Å². The van der Waals surface area contributed by atoms with Crippen LogP contribution in [0, 0.1) is 13.8 Å². The van der Waals surface area contributed by atoms with Gasteiger partial charge in [0.25, 0.3) is 5.91 Å². The minimum atomic E-state index is -0.346. The Kier molecular flexibility index (Phi) is 5.83. The second-order valence-corrected chi connectivity index (χ2v) is 8.75. The Morgan fingerprint density at radius 2 is 2.00 bits per heavy atom. The number of likely N-dealkylation sites (tertiary alicyclic amines) is 1. The van der Waals surface area contributed by atoms with Gasteiger partial charge in [-0.3, -0.25) is 14.5 Å². The molecule has 4 rings (SSSR count). The first kappa shape index (κ1) is 19.9. The molecule has 3 heterocycles. The summed E-state index contributed by atoms with van der Waals surface area (Å²) in [5.41, 5.74) is 2.15. The number of nitrogens with one attached hydrogen (secondary N) is 1. The van der Waals surface area contributed by atoms with Crippen LogP contribution in [0.2, 0.25) is 0 Å². The molecule has 1 N–H and O–H groups in total. The summed E-state index contributed by atoms with van der Waals surface area (Å²) >= 11 is 1.71. The molecule has 6 heteroatoms. The number of piperidine rings is 1. The number of hydrogen-bond donors (Lipinski definition) is 1. The van der Waals surface area contributed by atoms with Gasteiger partial charge >= 0.3 is 0 Å². The summed E-state index contributed by atoms with van der Waals surface area (Å²) in [6.45, 7) is 6.41. The number of benzene rings is 1. The number of amides is 1. The number of aryl methyl sites for hydroxylation is 2. The lowest BCUT2D eigenvalue weighted by Gasteiger charge is -2.34. The first-order valence-electron chi connectivity index (χ1n) is 10.1. The van der Waals surface area contributed by atoms with Crippen molar-refractivity contribution in [2.75, 3.05) is 19.6 Å². The number of rotatable bonds is 5. The molecule has 0 bridgehead atoms. The molecular weight excluding hydrogens is 384 g/mol. The molecule has 0 radical (unpaired) electrons. The Morgan fingerprint density at radius 3 is 2.72 bits per heavy atom. The van der Waals surface area contributed by atoms with Gasteiger partial charge < -0.3 is 9.73 Å². The Balaban J connectivity index is 1.56. The molecular formula is C23H26N2O3S. The van der Waals surface area contributed by atoms with Gasteiger partial charge in [-0.25, -0.2) is 0 Å². The van der Waals surface area contributed by atoms with Crippen molar-refractivity contribution in [2.45, 2.75) is 39.2 Å². The fourth-order valence-corrected chi connectivity index (χ4v) is 5.03. The molecule has 1 aliphatic heterocycles. The van der Waals surface area contributed by atoms with Crippen LogP contribution in [0.15, 0.2) is 44.9 Å². The summed E-state index contributed by atoms with van der Waals surface area (Å²) in [5, 5.41) is 5.61. The Bertz CT molecular complexity index is 1070. The van der Waals surface area contributed by atoms with Crippen LogP contribution < -0.4 is 10.7 Å². The van der Waals surface area contributed by atoms with Gasteiger partial charge in [0.1, 0.15) is 5.58 Å². The van der Waals surface area contributed by atoms with Crippen LogP contribution in [-0.2, 0) is 0 Å². The molecule has 1 atom stereocenters. The minimum absolute atomic E-state index is 0.0658. The van der Waals surface area contributed by atoms with Gasteiger partial charge in [0, 0.05) is 17.5 Å². The third-order valence-electron chi connectivity index (χ3n) is 5.55. The molecule has 1 saturated heterocycles. The number of carbonyl (C=O) groups excluding carboxylic acids is 1. The number of hydrogen-bond acceptors (Lipinski definition) is 5. The van der Waals surface area contributed by atoms with Crippen molar-refractivity contribution in [3.63, 3.8) is 0 Å². The van der Waals surface area contributed by atoms with Crippen LogP contribution in [0.1, 0.15) is 51.9 Å². The maximum absolute atomic E-state index is 12.8. The Morgan fingerprint density at radius 1 is 1.21 bits per heavy atom. The molecule has 1 aromatic carbocycles. The van der Waals surface area contributed by atoms with E-state index in [1.165, 1.54) is 30.2 Å². The van der Waals surface area contributed by atoms with Crippen LogP contribution in [0.5, 0.6) is 0 Å². The Labute approximate surface area is 174 Å². The standard InChI is InChI=1S/C23H26N2O3S/c1-15-11-16(2)22-18(26)13-20(28-19(22)12-15)23(27)24-14-17(21-7-6-10-29-21)25-8-4-3-5-9-25/h6-7,10-13,17H,3-5,8-9,14H2,1-2H3,(H,24,27)/t17-/m0/s1. The van der Waals surface area contributed by atoms with E-state index in [1.807, 2.05) is 32.0 Å². The van der Waals surface area contributed by atoms with Crippen molar-refractivity contribution < 1.29 is 9.21 Å². The fourth-order valence-electron chi connectivity index (χ4n) is 4.17. The monoisotopic (exact) mass is 410 g/mol. The van der Waals surface area contributed by atoms with E-state index in [0.29, 0.717) is 17.5 Å². The van der Waals surface area contributed by atoms with Crippen molar-refractivity contribution in [1.29, 1.82) is 0 Å². The van der Waals surface area contributed by atoms with E-state index in [9.17, 15) is 9.59 Å². The smallest absolute Gasteiger partial charge is 0.287 e. The molecule has 3 aromatic rings. The summed E-state index contributed by atoms with van der Waals surface area (Å²) in [7, 11) is 0. The van der Waals surface area contributed by atoms with Gasteiger partial charge in [0.2, 0.25) is 0 Å². The van der Waals surface area contributed by atoms with E-state index >= 15 is 0 Å². The van der Waals surface area contributed by atoms with Gasteiger partial charge in [0.05, 0.1) is 11.4 Å². The quantitative estimate of drug-likeness (QED) is 0.676. The topological polar surface area (TPSA) is 62.6 Å². The van der Waals surface area contributed by atoms with E-state index in [0.717, 1.165) is 24.2 Å². The molecule has 152 valence electrons. The molecule has 1 amide bonds. The van der Waals surface area contributed by atoms with Gasteiger partial charge in [-0.15, -0.1) is 11.3 Å². The predicted molar refractivity (Wildman–Crippen MR) is 117 cm³/mol. The van der Waals surface area contributed by atoms with E-state index in [2.05, 4.69) is 21.7 Å². The van der Waals surface area contributed by atoms with Gasteiger partial charge in [0.15, 0.2) is 11.2 Å². The highest BCUT2D eigenvalue weighted by atomic mass is 32.1. The largest absolute Gasteiger partial charge is 0.451 e. The van der Waals surface area contributed by atoms with Crippen LogP contribution in [0.25, 0.3) is 11.0 Å². The fraction of sp³-hybridized carbons (Fsp3) is 0.391. The third kappa shape index (κ3) is 4.28. The molecule has 0 saturated carbocycles. The van der Waals surface area contributed by atoms with E-state index in [1.54, 1.807) is 11.3 Å². The molecule has 1 aliphatic rings. The summed E-state index contributed by atoms with van der Waals surface area (Å²) in [6, 6.07) is 9.38. The molecule has 2 aromatic heterocycles. The normalized spacial score (nSPS) is 16.1. The van der Waals surface area contributed by atoms with Crippen molar-refractivity contribution in [3.05, 3.63) is 67.7 Å². The number of carbonyl (C=O) groups is 1. The first-order valence-corrected chi connectivity index (χ1v) is 11.0. The maximum Gasteiger partial charge on any atom is 0.287 e. The van der Waals surface area contributed by atoms with E-state index < -0.39 is 0 Å². The zero-order chi connectivity index (χ0) is 20.4. The lowest BCUT2D eigenvalue weighted by atomic mass is 10.1. The summed E-state index contributed by atoms with van der Waals surface area (Å²) in [5.74, 6) is -0.280. The summed E-state index contributed by atoms with van der Waals surface area (Å²) in [4.78, 5) is 29.1. The SMILES string of the molecule is Cc1cc(C)c2c(=O)cc(C(=O)NC[C@@H](c3cccs3)N3CCCCC3)oc2c1. The van der Waals surface area contributed by atoms with Gasteiger partial charge in [-0.1, -0.05) is 18.6 Å². The van der Waals surface area contributed by atoms with Gasteiger partial charge in [-0.2, -0.15) is 0 Å².